The Morgan fingerprint density at radius 2 is 2.00 bits per heavy atom. The van der Waals surface area contributed by atoms with Gasteiger partial charge in [0.2, 0.25) is 0 Å². The fourth-order valence-corrected chi connectivity index (χ4v) is 2.77. The predicted octanol–water partition coefficient (Wildman–Crippen LogP) is 1.45. The second-order valence-corrected chi connectivity index (χ2v) is 4.72. The molecule has 0 bridgehead atoms. The van der Waals surface area contributed by atoms with Crippen molar-refractivity contribution in [1.29, 1.82) is 0 Å². The lowest BCUT2D eigenvalue weighted by Gasteiger charge is -2.44. The van der Waals surface area contributed by atoms with E-state index in [0.29, 0.717) is 12.1 Å². The van der Waals surface area contributed by atoms with E-state index in [4.69, 9.17) is 15.2 Å². The molecule has 82 valence electrons. The van der Waals surface area contributed by atoms with Crippen molar-refractivity contribution in [2.45, 2.75) is 56.3 Å². The molecule has 14 heavy (non-hydrogen) atoms. The molecule has 1 saturated carbocycles. The molecule has 0 radical (unpaired) electrons. The van der Waals surface area contributed by atoms with Crippen LogP contribution in [0.1, 0.15) is 38.5 Å². The normalized spacial score (nSPS) is 44.1. The highest BCUT2D eigenvalue weighted by Crippen LogP contribution is 2.38. The molecular formula is C11H21NO2. The van der Waals surface area contributed by atoms with Crippen LogP contribution >= 0.6 is 0 Å². The smallest absolute Gasteiger partial charge is 0.0699 e. The van der Waals surface area contributed by atoms with Gasteiger partial charge < -0.3 is 15.2 Å². The third-order valence-electron chi connectivity index (χ3n) is 3.71. The Kier molecular flexibility index (Phi) is 3.10. The van der Waals surface area contributed by atoms with Crippen LogP contribution in [0.5, 0.6) is 0 Å². The van der Waals surface area contributed by atoms with E-state index in [2.05, 4.69) is 0 Å². The van der Waals surface area contributed by atoms with E-state index in [9.17, 15) is 0 Å². The van der Waals surface area contributed by atoms with Crippen LogP contribution in [0.25, 0.3) is 0 Å². The molecule has 1 unspecified atom stereocenters. The average Bonchev–Trinajstić information content (AvgIpc) is 2.19. The molecule has 0 aromatic heterocycles. The van der Waals surface area contributed by atoms with E-state index in [1.807, 2.05) is 0 Å². The average molecular weight is 199 g/mol. The second kappa shape index (κ2) is 4.17. The zero-order valence-corrected chi connectivity index (χ0v) is 9.00. The number of hydrogen-bond acceptors (Lipinski definition) is 3. The molecule has 0 aromatic rings. The van der Waals surface area contributed by atoms with E-state index in [0.717, 1.165) is 45.1 Å². The van der Waals surface area contributed by atoms with Gasteiger partial charge in [0.1, 0.15) is 0 Å². The van der Waals surface area contributed by atoms with Gasteiger partial charge in [0.25, 0.3) is 0 Å². The van der Waals surface area contributed by atoms with E-state index < -0.39 is 0 Å². The van der Waals surface area contributed by atoms with Crippen LogP contribution in [-0.4, -0.2) is 31.5 Å². The summed E-state index contributed by atoms with van der Waals surface area (Å²) >= 11 is 0. The van der Waals surface area contributed by atoms with Crippen molar-refractivity contribution in [3.63, 3.8) is 0 Å². The van der Waals surface area contributed by atoms with Crippen molar-refractivity contribution < 1.29 is 9.47 Å². The molecule has 2 fully saturated rings. The van der Waals surface area contributed by atoms with Crippen LogP contribution in [-0.2, 0) is 9.47 Å². The molecule has 1 atom stereocenters. The molecule has 2 rings (SSSR count). The molecule has 3 nitrogen and oxygen atoms in total. The third kappa shape index (κ3) is 2.10. The SMILES string of the molecule is COC1CCC2(CC1)CC(N)CCO2. The lowest BCUT2D eigenvalue weighted by molar-refractivity contribution is -0.123. The first kappa shape index (κ1) is 10.4. The number of rotatable bonds is 1. The quantitative estimate of drug-likeness (QED) is 0.695. The second-order valence-electron chi connectivity index (χ2n) is 4.72. The first-order chi connectivity index (χ1) is 6.74. The Balaban J connectivity index is 1.91. The van der Waals surface area contributed by atoms with E-state index in [1.165, 1.54) is 0 Å². The maximum atomic E-state index is 6.00. The van der Waals surface area contributed by atoms with Gasteiger partial charge in [-0.05, 0) is 38.5 Å². The minimum atomic E-state index is 0.104. The van der Waals surface area contributed by atoms with Crippen LogP contribution in [0, 0.1) is 0 Å². The number of hydrogen-bond donors (Lipinski definition) is 1. The molecule has 1 aliphatic carbocycles. The zero-order valence-electron chi connectivity index (χ0n) is 9.00. The number of ether oxygens (including phenoxy) is 2. The topological polar surface area (TPSA) is 44.5 Å². The Morgan fingerprint density at radius 3 is 2.57 bits per heavy atom. The molecule has 1 heterocycles. The summed E-state index contributed by atoms with van der Waals surface area (Å²) in [5.41, 5.74) is 6.10. The molecule has 2 aliphatic rings. The molecule has 0 amide bonds. The van der Waals surface area contributed by atoms with Crippen LogP contribution < -0.4 is 5.73 Å². The van der Waals surface area contributed by atoms with E-state index in [1.54, 1.807) is 7.11 Å². The summed E-state index contributed by atoms with van der Waals surface area (Å²) in [6, 6.07) is 0.350. The van der Waals surface area contributed by atoms with Gasteiger partial charge in [-0.15, -0.1) is 0 Å². The van der Waals surface area contributed by atoms with Gasteiger partial charge in [-0.1, -0.05) is 0 Å². The molecule has 1 saturated heterocycles. The largest absolute Gasteiger partial charge is 0.381 e. The fraction of sp³-hybridized carbons (Fsp3) is 1.00. The van der Waals surface area contributed by atoms with Gasteiger partial charge in [-0.25, -0.2) is 0 Å². The highest BCUT2D eigenvalue weighted by atomic mass is 16.5. The van der Waals surface area contributed by atoms with Crippen LogP contribution in [0.3, 0.4) is 0 Å². The first-order valence-corrected chi connectivity index (χ1v) is 5.66. The Bertz CT molecular complexity index is 188. The minimum absolute atomic E-state index is 0.104. The molecule has 2 N–H and O–H groups in total. The first-order valence-electron chi connectivity index (χ1n) is 5.66. The summed E-state index contributed by atoms with van der Waals surface area (Å²) in [6.07, 6.45) is 7.02. The summed E-state index contributed by atoms with van der Waals surface area (Å²) in [5, 5.41) is 0. The molecule has 1 spiro atoms. The van der Waals surface area contributed by atoms with E-state index >= 15 is 0 Å². The summed E-state index contributed by atoms with van der Waals surface area (Å²) in [4.78, 5) is 0. The van der Waals surface area contributed by atoms with Crippen LogP contribution in [0.2, 0.25) is 0 Å². The Hall–Kier alpha value is -0.120. The van der Waals surface area contributed by atoms with Gasteiger partial charge in [-0.2, -0.15) is 0 Å². The Labute approximate surface area is 85.9 Å². The van der Waals surface area contributed by atoms with Crippen molar-refractivity contribution in [2.24, 2.45) is 5.73 Å². The monoisotopic (exact) mass is 199 g/mol. The van der Waals surface area contributed by atoms with Crippen molar-refractivity contribution in [3.05, 3.63) is 0 Å². The summed E-state index contributed by atoms with van der Waals surface area (Å²) in [6.45, 7) is 0.846. The predicted molar refractivity (Wildman–Crippen MR) is 55.2 cm³/mol. The maximum absolute atomic E-state index is 6.00. The summed E-state index contributed by atoms with van der Waals surface area (Å²) in [5.74, 6) is 0. The molecule has 3 heteroatoms. The highest BCUT2D eigenvalue weighted by Gasteiger charge is 2.39. The standard InChI is InChI=1S/C11H21NO2/c1-13-10-2-5-11(6-3-10)8-9(12)4-7-14-11/h9-10H,2-8,12H2,1H3. The molecule has 1 aliphatic heterocycles. The summed E-state index contributed by atoms with van der Waals surface area (Å²) in [7, 11) is 1.80. The zero-order chi connectivity index (χ0) is 10.0. The third-order valence-corrected chi connectivity index (χ3v) is 3.71. The Morgan fingerprint density at radius 1 is 1.29 bits per heavy atom. The fourth-order valence-electron chi connectivity index (χ4n) is 2.77. The summed E-state index contributed by atoms with van der Waals surface area (Å²) < 4.78 is 11.3. The molecular weight excluding hydrogens is 178 g/mol. The van der Waals surface area contributed by atoms with Crippen LogP contribution in [0.4, 0.5) is 0 Å². The molecule has 0 aromatic carbocycles. The van der Waals surface area contributed by atoms with Crippen molar-refractivity contribution in [1.82, 2.24) is 0 Å². The van der Waals surface area contributed by atoms with Gasteiger partial charge in [-0.3, -0.25) is 0 Å². The minimum Gasteiger partial charge on any atom is -0.381 e. The lowest BCUT2D eigenvalue weighted by Crippen LogP contribution is -2.47. The number of nitrogens with two attached hydrogens (primary N) is 1. The maximum Gasteiger partial charge on any atom is 0.0699 e. The van der Waals surface area contributed by atoms with Crippen molar-refractivity contribution in [3.8, 4) is 0 Å². The highest BCUT2D eigenvalue weighted by molar-refractivity contribution is 4.93. The lowest BCUT2D eigenvalue weighted by atomic mass is 9.77. The number of methoxy groups -OCH3 is 1. The van der Waals surface area contributed by atoms with Gasteiger partial charge in [0.15, 0.2) is 0 Å². The van der Waals surface area contributed by atoms with Crippen molar-refractivity contribution in [2.75, 3.05) is 13.7 Å². The van der Waals surface area contributed by atoms with Gasteiger partial charge in [0, 0.05) is 19.8 Å². The van der Waals surface area contributed by atoms with Gasteiger partial charge >= 0.3 is 0 Å². The van der Waals surface area contributed by atoms with Crippen molar-refractivity contribution >= 4 is 0 Å². The van der Waals surface area contributed by atoms with E-state index in [-0.39, 0.29) is 5.60 Å². The van der Waals surface area contributed by atoms with Gasteiger partial charge in [0.05, 0.1) is 11.7 Å². The van der Waals surface area contributed by atoms with Crippen LogP contribution in [0.15, 0.2) is 0 Å².